The Hall–Kier alpha value is -2.77. The van der Waals surface area contributed by atoms with Crippen LogP contribution in [0.4, 0.5) is 24.5 Å². The molecule has 1 aromatic carbocycles. The van der Waals surface area contributed by atoms with Crippen molar-refractivity contribution in [2.45, 2.75) is 13.0 Å². The van der Waals surface area contributed by atoms with Gasteiger partial charge in [-0.25, -0.2) is 18.2 Å². The van der Waals surface area contributed by atoms with Crippen LogP contribution in [0, 0.1) is 17.5 Å². The van der Waals surface area contributed by atoms with Crippen LogP contribution in [0.3, 0.4) is 0 Å². The van der Waals surface area contributed by atoms with E-state index in [9.17, 15) is 18.0 Å². The van der Waals surface area contributed by atoms with E-state index in [0.29, 0.717) is 11.6 Å². The molecule has 0 radical (unpaired) electrons. The summed E-state index contributed by atoms with van der Waals surface area (Å²) in [5, 5.41) is 5.03. The maximum absolute atomic E-state index is 13.5. The Morgan fingerprint density at radius 1 is 1.17 bits per heavy atom. The highest BCUT2D eigenvalue weighted by Gasteiger charge is 2.18. The van der Waals surface area contributed by atoms with Crippen LogP contribution in [0.1, 0.15) is 6.92 Å². The lowest BCUT2D eigenvalue weighted by Gasteiger charge is -2.15. The topological polar surface area (TPSA) is 63.2 Å². The molecular formula is C15H14F3N3O2. The van der Waals surface area contributed by atoms with Crippen molar-refractivity contribution < 1.29 is 22.7 Å². The number of methoxy groups -OCH3 is 1. The molecule has 0 saturated heterocycles. The number of rotatable bonds is 5. The SMILES string of the molecule is COc1ccc(N[C@H](C)C(=O)Nc2ccc(F)c(F)c2F)cn1. The summed E-state index contributed by atoms with van der Waals surface area (Å²) in [6, 6.07) is 4.17. The predicted molar refractivity (Wildman–Crippen MR) is 78.8 cm³/mol. The first-order chi connectivity index (χ1) is 10.9. The molecule has 0 unspecified atom stereocenters. The van der Waals surface area contributed by atoms with Crippen LogP contribution in [-0.2, 0) is 4.79 Å². The summed E-state index contributed by atoms with van der Waals surface area (Å²) < 4.78 is 44.4. The summed E-state index contributed by atoms with van der Waals surface area (Å²) in [6.07, 6.45) is 1.46. The molecule has 23 heavy (non-hydrogen) atoms. The van der Waals surface area contributed by atoms with E-state index in [4.69, 9.17) is 4.74 Å². The number of benzene rings is 1. The Balaban J connectivity index is 2.03. The van der Waals surface area contributed by atoms with E-state index in [0.717, 1.165) is 12.1 Å². The molecule has 122 valence electrons. The van der Waals surface area contributed by atoms with Crippen molar-refractivity contribution in [2.75, 3.05) is 17.7 Å². The van der Waals surface area contributed by atoms with Crippen LogP contribution in [0.15, 0.2) is 30.5 Å². The average molecular weight is 325 g/mol. The molecule has 0 spiro atoms. The van der Waals surface area contributed by atoms with Gasteiger partial charge < -0.3 is 15.4 Å². The van der Waals surface area contributed by atoms with E-state index >= 15 is 0 Å². The number of ether oxygens (including phenoxy) is 1. The minimum absolute atomic E-state index is 0.413. The van der Waals surface area contributed by atoms with Crippen LogP contribution >= 0.6 is 0 Å². The van der Waals surface area contributed by atoms with E-state index in [1.165, 1.54) is 20.2 Å². The van der Waals surface area contributed by atoms with Gasteiger partial charge in [0, 0.05) is 6.07 Å². The second-order valence-electron chi connectivity index (χ2n) is 4.67. The first kappa shape index (κ1) is 16.6. The third kappa shape index (κ3) is 3.91. The van der Waals surface area contributed by atoms with Gasteiger partial charge in [-0.05, 0) is 25.1 Å². The van der Waals surface area contributed by atoms with Gasteiger partial charge in [-0.1, -0.05) is 0 Å². The van der Waals surface area contributed by atoms with Crippen molar-refractivity contribution in [3.8, 4) is 5.88 Å². The van der Waals surface area contributed by atoms with E-state index in [1.807, 2.05) is 0 Å². The Labute approximate surface area is 130 Å². The van der Waals surface area contributed by atoms with Crippen molar-refractivity contribution >= 4 is 17.3 Å². The molecule has 2 N–H and O–H groups in total. The summed E-state index contributed by atoms with van der Waals surface area (Å²) in [5.74, 6) is -4.61. The maximum Gasteiger partial charge on any atom is 0.246 e. The molecule has 2 rings (SSSR count). The first-order valence-electron chi connectivity index (χ1n) is 6.63. The number of nitrogens with one attached hydrogen (secondary N) is 2. The lowest BCUT2D eigenvalue weighted by Crippen LogP contribution is -2.32. The van der Waals surface area contributed by atoms with Gasteiger partial charge in [-0.2, -0.15) is 0 Å². The van der Waals surface area contributed by atoms with Crippen molar-refractivity contribution in [3.05, 3.63) is 47.9 Å². The lowest BCUT2D eigenvalue weighted by molar-refractivity contribution is -0.116. The zero-order valence-corrected chi connectivity index (χ0v) is 12.4. The Bertz CT molecular complexity index is 708. The number of halogens is 3. The predicted octanol–water partition coefficient (Wildman–Crippen LogP) is 2.95. The molecule has 0 aliphatic heterocycles. The molecule has 8 heteroatoms. The Kier molecular flexibility index (Phi) is 5.05. The normalized spacial score (nSPS) is 11.7. The number of nitrogens with zero attached hydrogens (tertiary/aromatic N) is 1. The summed E-state index contributed by atoms with van der Waals surface area (Å²) in [4.78, 5) is 15.9. The van der Waals surface area contributed by atoms with Crippen LogP contribution in [0.5, 0.6) is 5.88 Å². The minimum atomic E-state index is -1.64. The maximum atomic E-state index is 13.5. The third-order valence-corrected chi connectivity index (χ3v) is 3.01. The molecule has 0 saturated carbocycles. The van der Waals surface area contributed by atoms with Crippen molar-refractivity contribution in [2.24, 2.45) is 0 Å². The smallest absolute Gasteiger partial charge is 0.246 e. The quantitative estimate of drug-likeness (QED) is 0.830. The van der Waals surface area contributed by atoms with Gasteiger partial charge in [0.15, 0.2) is 17.5 Å². The number of amides is 1. The average Bonchev–Trinajstić information content (AvgIpc) is 2.56. The molecule has 1 aromatic heterocycles. The van der Waals surface area contributed by atoms with Gasteiger partial charge in [0.25, 0.3) is 0 Å². The standard InChI is InChI=1S/C15H14F3N3O2/c1-8(20-9-3-6-12(23-2)19-7-9)15(22)21-11-5-4-10(16)13(17)14(11)18/h3-8,20H,1-2H3,(H,21,22)/t8-/m1/s1. The summed E-state index contributed by atoms with van der Waals surface area (Å²) >= 11 is 0. The van der Waals surface area contributed by atoms with Crippen LogP contribution in [0.25, 0.3) is 0 Å². The summed E-state index contributed by atoms with van der Waals surface area (Å²) in [6.45, 7) is 1.53. The van der Waals surface area contributed by atoms with Crippen LogP contribution in [-0.4, -0.2) is 24.0 Å². The number of carbonyl (C=O) groups excluding carboxylic acids is 1. The zero-order chi connectivity index (χ0) is 17.0. The zero-order valence-electron chi connectivity index (χ0n) is 12.4. The highest BCUT2D eigenvalue weighted by atomic mass is 19.2. The van der Waals surface area contributed by atoms with E-state index in [1.54, 1.807) is 12.1 Å². The largest absolute Gasteiger partial charge is 0.481 e. The molecular weight excluding hydrogens is 311 g/mol. The van der Waals surface area contributed by atoms with Crippen molar-refractivity contribution in [1.82, 2.24) is 4.98 Å². The Morgan fingerprint density at radius 3 is 2.52 bits per heavy atom. The molecule has 0 aliphatic carbocycles. The molecule has 0 aliphatic rings. The van der Waals surface area contributed by atoms with Gasteiger partial charge in [0.1, 0.15) is 6.04 Å². The fraction of sp³-hybridized carbons (Fsp3) is 0.200. The monoisotopic (exact) mass is 325 g/mol. The second-order valence-corrected chi connectivity index (χ2v) is 4.67. The molecule has 0 fully saturated rings. The molecule has 1 atom stereocenters. The van der Waals surface area contributed by atoms with E-state index in [-0.39, 0.29) is 0 Å². The minimum Gasteiger partial charge on any atom is -0.481 e. The second kappa shape index (κ2) is 6.99. The van der Waals surface area contributed by atoms with Gasteiger partial charge in [0.2, 0.25) is 11.8 Å². The number of pyridine rings is 1. The van der Waals surface area contributed by atoms with Crippen LogP contribution < -0.4 is 15.4 Å². The number of carbonyl (C=O) groups is 1. The summed E-state index contributed by atoms with van der Waals surface area (Å²) in [7, 11) is 1.47. The number of aromatic nitrogens is 1. The highest BCUT2D eigenvalue weighted by molar-refractivity contribution is 5.96. The van der Waals surface area contributed by atoms with Crippen molar-refractivity contribution in [3.63, 3.8) is 0 Å². The van der Waals surface area contributed by atoms with Crippen molar-refractivity contribution in [1.29, 1.82) is 0 Å². The van der Waals surface area contributed by atoms with Gasteiger partial charge in [-0.3, -0.25) is 4.79 Å². The number of hydrogen-bond donors (Lipinski definition) is 2. The third-order valence-electron chi connectivity index (χ3n) is 3.01. The highest BCUT2D eigenvalue weighted by Crippen LogP contribution is 2.20. The van der Waals surface area contributed by atoms with E-state index in [2.05, 4.69) is 15.6 Å². The first-order valence-corrected chi connectivity index (χ1v) is 6.63. The molecule has 1 heterocycles. The Morgan fingerprint density at radius 2 is 1.91 bits per heavy atom. The fourth-order valence-electron chi connectivity index (χ4n) is 1.77. The van der Waals surface area contributed by atoms with Gasteiger partial charge in [0.05, 0.1) is 24.7 Å². The number of hydrogen-bond acceptors (Lipinski definition) is 4. The van der Waals surface area contributed by atoms with Gasteiger partial charge in [-0.15, -0.1) is 0 Å². The van der Waals surface area contributed by atoms with Gasteiger partial charge >= 0.3 is 0 Å². The molecule has 2 aromatic rings. The summed E-state index contributed by atoms with van der Waals surface area (Å²) in [5.41, 5.74) is 0.106. The number of anilines is 2. The molecule has 5 nitrogen and oxygen atoms in total. The molecule has 0 bridgehead atoms. The van der Waals surface area contributed by atoms with Crippen LogP contribution in [0.2, 0.25) is 0 Å². The molecule has 1 amide bonds. The lowest BCUT2D eigenvalue weighted by atomic mass is 10.2. The van der Waals surface area contributed by atoms with E-state index < -0.39 is 35.1 Å². The fourth-order valence-corrected chi connectivity index (χ4v) is 1.77.